The lowest BCUT2D eigenvalue weighted by Gasteiger charge is -2.06. The molecule has 0 radical (unpaired) electrons. The van der Waals surface area contributed by atoms with Crippen LogP contribution < -0.4 is 5.32 Å². The summed E-state index contributed by atoms with van der Waals surface area (Å²) in [5.74, 6) is 0.110. The topological polar surface area (TPSA) is 67.8 Å². The number of hydrogen-bond donors (Lipinski definition) is 2. The predicted octanol–water partition coefficient (Wildman–Crippen LogP) is 0.714. The lowest BCUT2D eigenvalue weighted by atomic mass is 10.1. The van der Waals surface area contributed by atoms with Crippen LogP contribution in [0.1, 0.15) is 5.56 Å². The van der Waals surface area contributed by atoms with Gasteiger partial charge in [-0.15, -0.1) is 0 Å². The predicted molar refractivity (Wildman–Crippen MR) is 67.5 cm³/mol. The Morgan fingerprint density at radius 1 is 1.28 bits per heavy atom. The molecule has 0 atom stereocenters. The van der Waals surface area contributed by atoms with Crippen molar-refractivity contribution in [3.05, 3.63) is 29.8 Å². The Kier molecular flexibility index (Phi) is 6.83. The Labute approximate surface area is 107 Å². The summed E-state index contributed by atoms with van der Waals surface area (Å²) in [7, 11) is 1.58. The average molecular weight is 253 g/mol. The van der Waals surface area contributed by atoms with E-state index in [-0.39, 0.29) is 18.3 Å². The summed E-state index contributed by atoms with van der Waals surface area (Å²) in [6.45, 7) is 1.51. The van der Waals surface area contributed by atoms with Gasteiger partial charge in [-0.25, -0.2) is 0 Å². The van der Waals surface area contributed by atoms with Crippen LogP contribution in [-0.4, -0.2) is 44.5 Å². The first-order chi connectivity index (χ1) is 8.72. The van der Waals surface area contributed by atoms with Crippen LogP contribution in [0.15, 0.2) is 24.3 Å². The number of nitrogens with one attached hydrogen (secondary N) is 1. The van der Waals surface area contributed by atoms with Gasteiger partial charge in [0.2, 0.25) is 5.91 Å². The van der Waals surface area contributed by atoms with Crippen molar-refractivity contribution in [1.82, 2.24) is 5.32 Å². The molecule has 0 saturated heterocycles. The van der Waals surface area contributed by atoms with Gasteiger partial charge in [0.05, 0.1) is 13.2 Å². The maximum atomic E-state index is 11.3. The van der Waals surface area contributed by atoms with E-state index in [1.54, 1.807) is 19.2 Å². The first-order valence-electron chi connectivity index (χ1n) is 5.83. The van der Waals surface area contributed by atoms with Crippen LogP contribution in [0.3, 0.4) is 0 Å². The molecule has 0 spiro atoms. The van der Waals surface area contributed by atoms with E-state index in [1.165, 1.54) is 0 Å². The van der Waals surface area contributed by atoms with Gasteiger partial charge in [-0.1, -0.05) is 12.1 Å². The highest BCUT2D eigenvalue weighted by atomic mass is 16.5. The number of aromatic hydroxyl groups is 1. The molecule has 1 aromatic carbocycles. The molecule has 0 aliphatic heterocycles. The number of benzene rings is 1. The molecule has 1 rings (SSSR count). The number of ether oxygens (including phenoxy) is 2. The second-order valence-electron chi connectivity index (χ2n) is 3.81. The van der Waals surface area contributed by atoms with Gasteiger partial charge in [0, 0.05) is 13.7 Å². The Hall–Kier alpha value is -1.59. The van der Waals surface area contributed by atoms with Crippen LogP contribution in [0.5, 0.6) is 5.75 Å². The summed E-state index contributed by atoms with van der Waals surface area (Å²) in [4.78, 5) is 11.3. The molecular weight excluding hydrogens is 234 g/mol. The van der Waals surface area contributed by atoms with Gasteiger partial charge >= 0.3 is 0 Å². The van der Waals surface area contributed by atoms with Gasteiger partial charge in [0.25, 0.3) is 0 Å². The normalized spacial score (nSPS) is 10.3. The highest BCUT2D eigenvalue weighted by molar-refractivity contribution is 5.77. The molecule has 0 fully saturated rings. The molecule has 0 unspecified atom stereocenters. The third-order valence-electron chi connectivity index (χ3n) is 2.34. The van der Waals surface area contributed by atoms with Gasteiger partial charge in [-0.05, 0) is 24.1 Å². The minimum atomic E-state index is -0.134. The number of methoxy groups -OCH3 is 1. The lowest BCUT2D eigenvalue weighted by molar-refractivity contribution is -0.126. The van der Waals surface area contributed by atoms with E-state index in [4.69, 9.17) is 14.6 Å². The van der Waals surface area contributed by atoms with E-state index in [0.717, 1.165) is 12.0 Å². The number of carbonyl (C=O) groups is 1. The molecule has 5 heteroatoms. The van der Waals surface area contributed by atoms with Crippen molar-refractivity contribution < 1.29 is 19.4 Å². The summed E-state index contributed by atoms with van der Waals surface area (Å²) in [5.41, 5.74) is 1.06. The fraction of sp³-hybridized carbons (Fsp3) is 0.462. The summed E-state index contributed by atoms with van der Waals surface area (Å²) in [6, 6.07) is 6.92. The molecule has 1 amide bonds. The van der Waals surface area contributed by atoms with Gasteiger partial charge in [0.1, 0.15) is 12.4 Å². The monoisotopic (exact) mass is 253 g/mol. The maximum Gasteiger partial charge on any atom is 0.246 e. The average Bonchev–Trinajstić information content (AvgIpc) is 2.37. The zero-order valence-corrected chi connectivity index (χ0v) is 10.5. The number of phenols is 1. The van der Waals surface area contributed by atoms with Crippen LogP contribution in [0.2, 0.25) is 0 Å². The van der Waals surface area contributed by atoms with E-state index < -0.39 is 0 Å². The Balaban J connectivity index is 2.10. The van der Waals surface area contributed by atoms with Crippen molar-refractivity contribution in [2.45, 2.75) is 6.42 Å². The molecule has 0 bridgehead atoms. The fourth-order valence-corrected chi connectivity index (χ4v) is 1.37. The quantitative estimate of drug-likeness (QED) is 0.670. The number of amides is 1. The highest BCUT2D eigenvalue weighted by Crippen LogP contribution is 2.09. The van der Waals surface area contributed by atoms with Crippen LogP contribution in [0.4, 0.5) is 0 Å². The van der Waals surface area contributed by atoms with Crippen molar-refractivity contribution in [3.63, 3.8) is 0 Å². The van der Waals surface area contributed by atoms with E-state index in [2.05, 4.69) is 5.32 Å². The molecule has 0 aliphatic rings. The smallest absolute Gasteiger partial charge is 0.246 e. The number of hydrogen-bond acceptors (Lipinski definition) is 4. The van der Waals surface area contributed by atoms with Gasteiger partial charge in [0.15, 0.2) is 0 Å². The third-order valence-corrected chi connectivity index (χ3v) is 2.34. The first-order valence-corrected chi connectivity index (χ1v) is 5.83. The van der Waals surface area contributed by atoms with Crippen LogP contribution in [0, 0.1) is 0 Å². The molecule has 1 aromatic rings. The van der Waals surface area contributed by atoms with Crippen LogP contribution in [0.25, 0.3) is 0 Å². The van der Waals surface area contributed by atoms with Crippen molar-refractivity contribution in [2.75, 3.05) is 33.5 Å². The molecule has 2 N–H and O–H groups in total. The Morgan fingerprint density at radius 2 is 2.00 bits per heavy atom. The zero-order valence-electron chi connectivity index (χ0n) is 10.5. The van der Waals surface area contributed by atoms with Gasteiger partial charge in [-0.3, -0.25) is 4.79 Å². The number of rotatable bonds is 8. The minimum Gasteiger partial charge on any atom is -0.508 e. The second kappa shape index (κ2) is 8.49. The van der Waals surface area contributed by atoms with E-state index >= 15 is 0 Å². The molecule has 0 heterocycles. The Morgan fingerprint density at radius 3 is 2.67 bits per heavy atom. The molecule has 18 heavy (non-hydrogen) atoms. The Bertz CT molecular complexity index is 351. The molecule has 0 saturated carbocycles. The molecule has 100 valence electrons. The largest absolute Gasteiger partial charge is 0.508 e. The van der Waals surface area contributed by atoms with Crippen molar-refractivity contribution in [3.8, 4) is 5.75 Å². The summed E-state index contributed by atoms with van der Waals surface area (Å²) in [5, 5.41) is 11.9. The summed E-state index contributed by atoms with van der Waals surface area (Å²) in [6.07, 6.45) is 0.726. The van der Waals surface area contributed by atoms with Crippen LogP contribution >= 0.6 is 0 Å². The highest BCUT2D eigenvalue weighted by Gasteiger charge is 2.00. The standard InChI is InChI=1S/C13H19NO4/c1-17-8-9-18-10-13(16)14-7-6-11-2-4-12(15)5-3-11/h2-5,15H,6-10H2,1H3,(H,14,16). The second-order valence-corrected chi connectivity index (χ2v) is 3.81. The minimum absolute atomic E-state index is 0.0545. The van der Waals surface area contributed by atoms with Gasteiger partial charge < -0.3 is 19.9 Å². The van der Waals surface area contributed by atoms with Crippen molar-refractivity contribution >= 4 is 5.91 Å². The van der Waals surface area contributed by atoms with E-state index in [0.29, 0.717) is 19.8 Å². The third kappa shape index (κ3) is 6.22. The zero-order chi connectivity index (χ0) is 13.2. The summed E-state index contributed by atoms with van der Waals surface area (Å²) >= 11 is 0. The molecule has 0 aliphatic carbocycles. The SMILES string of the molecule is COCCOCC(=O)NCCc1ccc(O)cc1. The van der Waals surface area contributed by atoms with Crippen molar-refractivity contribution in [2.24, 2.45) is 0 Å². The first kappa shape index (κ1) is 14.5. The summed E-state index contributed by atoms with van der Waals surface area (Å²) < 4.78 is 9.88. The molecule has 5 nitrogen and oxygen atoms in total. The molecular formula is C13H19NO4. The number of phenolic OH excluding ortho intramolecular Hbond substituents is 1. The van der Waals surface area contributed by atoms with Gasteiger partial charge in [-0.2, -0.15) is 0 Å². The number of carbonyl (C=O) groups excluding carboxylic acids is 1. The lowest BCUT2D eigenvalue weighted by Crippen LogP contribution is -2.29. The maximum absolute atomic E-state index is 11.3. The van der Waals surface area contributed by atoms with Crippen LogP contribution in [-0.2, 0) is 20.7 Å². The van der Waals surface area contributed by atoms with E-state index in [9.17, 15) is 4.79 Å². The molecule has 0 aromatic heterocycles. The van der Waals surface area contributed by atoms with Crippen molar-refractivity contribution in [1.29, 1.82) is 0 Å². The van der Waals surface area contributed by atoms with E-state index in [1.807, 2.05) is 12.1 Å². The fourth-order valence-electron chi connectivity index (χ4n) is 1.37.